The van der Waals surface area contributed by atoms with Crippen LogP contribution in [0.25, 0.3) is 0 Å². The number of amides is 1. The summed E-state index contributed by atoms with van der Waals surface area (Å²) in [5.74, 6) is 1.28. The number of benzene rings is 2. The second-order valence-electron chi connectivity index (χ2n) is 5.62. The van der Waals surface area contributed by atoms with Crippen molar-refractivity contribution in [2.24, 2.45) is 0 Å². The van der Waals surface area contributed by atoms with Gasteiger partial charge in [-0.2, -0.15) is 0 Å². The maximum atomic E-state index is 12.1. The summed E-state index contributed by atoms with van der Waals surface area (Å²) in [5.41, 5.74) is 2.10. The first-order valence-electron chi connectivity index (χ1n) is 7.85. The normalized spacial score (nSPS) is 11.7. The molecule has 0 aliphatic heterocycles. The van der Waals surface area contributed by atoms with Crippen LogP contribution in [0.15, 0.2) is 42.5 Å². The van der Waals surface area contributed by atoms with Gasteiger partial charge < -0.3 is 14.8 Å². The third-order valence-electron chi connectivity index (χ3n) is 3.50. The molecule has 0 saturated heterocycles. The molecule has 2 aromatic carbocycles. The number of rotatable bonds is 7. The van der Waals surface area contributed by atoms with Crippen molar-refractivity contribution in [2.45, 2.75) is 26.9 Å². The van der Waals surface area contributed by atoms with E-state index >= 15 is 0 Å². The van der Waals surface area contributed by atoms with Gasteiger partial charge in [-0.1, -0.05) is 23.7 Å². The lowest BCUT2D eigenvalue weighted by Crippen LogP contribution is -2.38. The fraction of sp³-hybridized carbons (Fsp3) is 0.316. The van der Waals surface area contributed by atoms with Crippen LogP contribution in [0.5, 0.6) is 11.5 Å². The number of hydrogen-bond donors (Lipinski definition) is 1. The highest BCUT2D eigenvalue weighted by Gasteiger charge is 2.15. The Kier molecular flexibility index (Phi) is 6.50. The van der Waals surface area contributed by atoms with Gasteiger partial charge in [0.05, 0.1) is 6.54 Å². The lowest BCUT2D eigenvalue weighted by atomic mass is 10.1. The molecule has 24 heavy (non-hydrogen) atoms. The summed E-state index contributed by atoms with van der Waals surface area (Å²) in [7, 11) is 0. The molecule has 0 unspecified atom stereocenters. The van der Waals surface area contributed by atoms with Gasteiger partial charge in [-0.3, -0.25) is 4.79 Å². The molecule has 2 aromatic rings. The van der Waals surface area contributed by atoms with E-state index in [0.717, 1.165) is 16.9 Å². The third kappa shape index (κ3) is 5.46. The van der Waals surface area contributed by atoms with Crippen molar-refractivity contribution < 1.29 is 14.3 Å². The number of ether oxygens (including phenoxy) is 2. The molecular weight excluding hydrogens is 326 g/mol. The molecule has 0 bridgehead atoms. The van der Waals surface area contributed by atoms with Crippen LogP contribution in [0.2, 0.25) is 5.02 Å². The molecule has 128 valence electrons. The molecule has 0 aromatic heterocycles. The van der Waals surface area contributed by atoms with Crippen molar-refractivity contribution in [1.82, 2.24) is 5.32 Å². The number of carbonyl (C=O) groups excluding carboxylic acids is 1. The SMILES string of the molecule is Cc1ccc(C)c(O[C@@H](C)C(=O)NCCOc2ccc(Cl)cc2)c1. The Bertz CT molecular complexity index is 686. The summed E-state index contributed by atoms with van der Waals surface area (Å²) in [6.07, 6.45) is -0.568. The van der Waals surface area contributed by atoms with Crippen molar-refractivity contribution in [2.75, 3.05) is 13.2 Å². The average Bonchev–Trinajstić information content (AvgIpc) is 2.56. The Morgan fingerprint density at radius 2 is 1.88 bits per heavy atom. The van der Waals surface area contributed by atoms with Crippen molar-refractivity contribution >= 4 is 17.5 Å². The summed E-state index contributed by atoms with van der Waals surface area (Å²) in [6, 6.07) is 13.0. The Hall–Kier alpha value is -2.20. The van der Waals surface area contributed by atoms with Gasteiger partial charge in [-0.05, 0) is 62.2 Å². The summed E-state index contributed by atoms with van der Waals surface area (Å²) in [6.45, 7) is 6.47. The Morgan fingerprint density at radius 3 is 2.58 bits per heavy atom. The summed E-state index contributed by atoms with van der Waals surface area (Å²) in [4.78, 5) is 12.1. The highest BCUT2D eigenvalue weighted by molar-refractivity contribution is 6.30. The fourth-order valence-corrected chi connectivity index (χ4v) is 2.22. The van der Waals surface area contributed by atoms with E-state index in [1.54, 1.807) is 31.2 Å². The molecule has 0 radical (unpaired) electrons. The summed E-state index contributed by atoms with van der Waals surface area (Å²) >= 11 is 5.81. The van der Waals surface area contributed by atoms with Gasteiger partial charge in [0.1, 0.15) is 18.1 Å². The topological polar surface area (TPSA) is 47.6 Å². The minimum absolute atomic E-state index is 0.171. The van der Waals surface area contributed by atoms with Crippen molar-refractivity contribution in [3.8, 4) is 11.5 Å². The van der Waals surface area contributed by atoms with Crippen LogP contribution in [0.4, 0.5) is 0 Å². The molecule has 4 nitrogen and oxygen atoms in total. The van der Waals surface area contributed by atoms with Crippen LogP contribution < -0.4 is 14.8 Å². The fourth-order valence-electron chi connectivity index (χ4n) is 2.10. The number of aryl methyl sites for hydroxylation is 2. The monoisotopic (exact) mass is 347 g/mol. The zero-order chi connectivity index (χ0) is 17.5. The molecule has 0 spiro atoms. The van der Waals surface area contributed by atoms with Crippen LogP contribution in [0.1, 0.15) is 18.1 Å². The van der Waals surface area contributed by atoms with E-state index in [9.17, 15) is 4.79 Å². The van der Waals surface area contributed by atoms with Gasteiger partial charge >= 0.3 is 0 Å². The third-order valence-corrected chi connectivity index (χ3v) is 3.75. The van der Waals surface area contributed by atoms with Crippen LogP contribution in [-0.4, -0.2) is 25.2 Å². The average molecular weight is 348 g/mol. The molecule has 0 heterocycles. The van der Waals surface area contributed by atoms with E-state index in [2.05, 4.69) is 5.32 Å². The highest BCUT2D eigenvalue weighted by atomic mass is 35.5. The van der Waals surface area contributed by atoms with Gasteiger partial charge in [-0.15, -0.1) is 0 Å². The molecule has 1 atom stereocenters. The lowest BCUT2D eigenvalue weighted by Gasteiger charge is -2.17. The molecule has 0 fully saturated rings. The number of hydrogen-bond acceptors (Lipinski definition) is 3. The van der Waals surface area contributed by atoms with Crippen LogP contribution in [-0.2, 0) is 4.79 Å². The molecule has 1 N–H and O–H groups in total. The predicted molar refractivity (Wildman–Crippen MR) is 96.0 cm³/mol. The minimum atomic E-state index is -0.568. The van der Waals surface area contributed by atoms with Crippen LogP contribution >= 0.6 is 11.6 Å². The number of nitrogens with one attached hydrogen (secondary N) is 1. The smallest absolute Gasteiger partial charge is 0.260 e. The van der Waals surface area contributed by atoms with Crippen molar-refractivity contribution in [1.29, 1.82) is 0 Å². The van der Waals surface area contributed by atoms with E-state index in [1.165, 1.54) is 0 Å². The molecule has 5 heteroatoms. The van der Waals surface area contributed by atoms with E-state index in [1.807, 2.05) is 32.0 Å². The number of carbonyl (C=O) groups is 1. The molecule has 1 amide bonds. The van der Waals surface area contributed by atoms with Gasteiger partial charge in [0.25, 0.3) is 5.91 Å². The Balaban J connectivity index is 1.75. The highest BCUT2D eigenvalue weighted by Crippen LogP contribution is 2.20. The zero-order valence-corrected chi connectivity index (χ0v) is 14.9. The van der Waals surface area contributed by atoms with Crippen molar-refractivity contribution in [3.63, 3.8) is 0 Å². The van der Waals surface area contributed by atoms with Gasteiger partial charge in [0, 0.05) is 5.02 Å². The Morgan fingerprint density at radius 1 is 1.17 bits per heavy atom. The first kappa shape index (κ1) is 18.1. The summed E-state index contributed by atoms with van der Waals surface area (Å²) < 4.78 is 11.3. The van der Waals surface area contributed by atoms with E-state index in [0.29, 0.717) is 23.9 Å². The minimum Gasteiger partial charge on any atom is -0.492 e. The van der Waals surface area contributed by atoms with Gasteiger partial charge in [-0.25, -0.2) is 0 Å². The summed E-state index contributed by atoms with van der Waals surface area (Å²) in [5, 5.41) is 3.46. The maximum absolute atomic E-state index is 12.1. The van der Waals surface area contributed by atoms with Gasteiger partial charge in [0.2, 0.25) is 0 Å². The van der Waals surface area contributed by atoms with Crippen LogP contribution in [0, 0.1) is 13.8 Å². The predicted octanol–water partition coefficient (Wildman–Crippen LogP) is 3.92. The Labute approximate surface area is 147 Å². The van der Waals surface area contributed by atoms with Crippen molar-refractivity contribution in [3.05, 3.63) is 58.6 Å². The van der Waals surface area contributed by atoms with E-state index < -0.39 is 6.10 Å². The van der Waals surface area contributed by atoms with Gasteiger partial charge in [0.15, 0.2) is 6.10 Å². The molecule has 0 saturated carbocycles. The second-order valence-corrected chi connectivity index (χ2v) is 6.06. The molecule has 2 rings (SSSR count). The van der Waals surface area contributed by atoms with Crippen LogP contribution in [0.3, 0.4) is 0 Å². The van der Waals surface area contributed by atoms with E-state index in [4.69, 9.17) is 21.1 Å². The second kappa shape index (κ2) is 8.60. The first-order valence-corrected chi connectivity index (χ1v) is 8.23. The maximum Gasteiger partial charge on any atom is 0.260 e. The molecule has 0 aliphatic rings. The zero-order valence-electron chi connectivity index (χ0n) is 14.1. The molecule has 0 aliphatic carbocycles. The van der Waals surface area contributed by atoms with E-state index in [-0.39, 0.29) is 5.91 Å². The largest absolute Gasteiger partial charge is 0.492 e. The first-order chi connectivity index (χ1) is 11.5. The lowest BCUT2D eigenvalue weighted by molar-refractivity contribution is -0.127. The molecular formula is C19H22ClNO3. The standard InChI is InChI=1S/C19H22ClNO3/c1-13-4-5-14(2)18(12-13)24-15(3)19(22)21-10-11-23-17-8-6-16(20)7-9-17/h4-9,12,15H,10-11H2,1-3H3,(H,21,22)/t15-/m0/s1. The number of halogens is 1. The quantitative estimate of drug-likeness (QED) is 0.772.